The summed E-state index contributed by atoms with van der Waals surface area (Å²) < 4.78 is 19.0. The predicted octanol–water partition coefficient (Wildman–Crippen LogP) is 6.24. The quantitative estimate of drug-likeness (QED) is 0.157. The topological polar surface area (TPSA) is 112 Å². The van der Waals surface area contributed by atoms with Gasteiger partial charge in [-0.15, -0.1) is 0 Å². The number of ether oxygens (including phenoxy) is 3. The highest BCUT2D eigenvalue weighted by Crippen LogP contribution is 2.36. The summed E-state index contributed by atoms with van der Waals surface area (Å²) in [4.78, 5) is 30.0. The van der Waals surface area contributed by atoms with Crippen molar-refractivity contribution in [3.8, 4) is 28.6 Å². The molecule has 0 radical (unpaired) electrons. The van der Waals surface area contributed by atoms with Gasteiger partial charge in [-0.05, 0) is 102 Å². The molecule has 0 saturated heterocycles. The van der Waals surface area contributed by atoms with Crippen LogP contribution in [0.2, 0.25) is 0 Å². The molecule has 4 rings (SSSR count). The zero-order chi connectivity index (χ0) is 29.8. The van der Waals surface area contributed by atoms with E-state index in [0.717, 1.165) is 22.4 Å². The number of rotatable bonds is 10. The van der Waals surface area contributed by atoms with E-state index in [4.69, 9.17) is 19.2 Å². The molecule has 0 amide bonds. The van der Waals surface area contributed by atoms with E-state index in [1.165, 1.54) is 11.6 Å². The monoisotopic (exact) mass is 669 g/mol. The van der Waals surface area contributed by atoms with E-state index >= 15 is 0 Å². The van der Waals surface area contributed by atoms with Gasteiger partial charge in [-0.2, -0.15) is 9.78 Å². The van der Waals surface area contributed by atoms with E-state index in [1.54, 1.807) is 37.6 Å². The first-order chi connectivity index (χ1) is 19.5. The highest BCUT2D eigenvalue weighted by atomic mass is 127. The number of halogens is 1. The van der Waals surface area contributed by atoms with Crippen LogP contribution in [0.3, 0.4) is 0 Å². The summed E-state index contributed by atoms with van der Waals surface area (Å²) in [6.45, 7) is 9.74. The summed E-state index contributed by atoms with van der Waals surface area (Å²) in [5.41, 5.74) is 3.55. The summed E-state index contributed by atoms with van der Waals surface area (Å²) in [5, 5.41) is 14.4. The summed E-state index contributed by atoms with van der Waals surface area (Å²) in [7, 11) is 1.64. The first kappa shape index (κ1) is 30.0. The molecule has 0 fully saturated rings. The maximum atomic E-state index is 13.8. The van der Waals surface area contributed by atoms with Crippen LogP contribution in [-0.4, -0.2) is 46.8 Å². The van der Waals surface area contributed by atoms with Gasteiger partial charge in [-0.25, -0.2) is 9.78 Å². The van der Waals surface area contributed by atoms with Crippen molar-refractivity contribution in [1.82, 2.24) is 9.66 Å². The zero-order valence-electron chi connectivity index (χ0n) is 23.8. The van der Waals surface area contributed by atoms with Gasteiger partial charge in [0.2, 0.25) is 0 Å². The number of benzene rings is 3. The number of aliphatic carboxylic acids is 1. The number of hydrogen-bond donors (Lipinski definition) is 1. The van der Waals surface area contributed by atoms with Gasteiger partial charge in [0.15, 0.2) is 23.4 Å². The number of carbonyl (C=O) groups is 1. The molecule has 1 atom stereocenters. The van der Waals surface area contributed by atoms with Gasteiger partial charge in [0.25, 0.3) is 5.56 Å². The normalized spacial score (nSPS) is 12.2. The fourth-order valence-corrected chi connectivity index (χ4v) is 5.12. The Morgan fingerprint density at radius 3 is 2.54 bits per heavy atom. The number of carboxylic acids is 1. The summed E-state index contributed by atoms with van der Waals surface area (Å²) >= 11 is 2.06. The predicted molar refractivity (Wildman–Crippen MR) is 168 cm³/mol. The Hall–Kier alpha value is -3.93. The lowest BCUT2D eigenvalue weighted by Crippen LogP contribution is -2.23. The second-order valence-electron chi connectivity index (χ2n) is 9.74. The molecule has 1 N–H and O–H groups in total. The molecular weight excluding hydrogens is 637 g/mol. The molecule has 0 unspecified atom stereocenters. The third-order valence-electron chi connectivity index (χ3n) is 6.49. The van der Waals surface area contributed by atoms with Gasteiger partial charge in [-0.1, -0.05) is 26.0 Å². The molecule has 0 bridgehead atoms. The average molecular weight is 670 g/mol. The summed E-state index contributed by atoms with van der Waals surface area (Å²) in [6, 6.07) is 14.6. The molecule has 1 aromatic heterocycles. The first-order valence-electron chi connectivity index (χ1n) is 13.2. The Balaban J connectivity index is 1.90. The Kier molecular flexibility index (Phi) is 9.31. The van der Waals surface area contributed by atoms with Crippen molar-refractivity contribution < 1.29 is 24.1 Å². The molecule has 0 aliphatic heterocycles. The molecule has 9 nitrogen and oxygen atoms in total. The highest BCUT2D eigenvalue weighted by Gasteiger charge is 2.20. The van der Waals surface area contributed by atoms with E-state index in [-0.39, 0.29) is 11.5 Å². The van der Waals surface area contributed by atoms with Gasteiger partial charge >= 0.3 is 5.97 Å². The lowest BCUT2D eigenvalue weighted by atomic mass is 9.96. The molecule has 0 aliphatic carbocycles. The second-order valence-corrected chi connectivity index (χ2v) is 10.9. The van der Waals surface area contributed by atoms with E-state index in [0.29, 0.717) is 44.0 Å². The summed E-state index contributed by atoms with van der Waals surface area (Å²) in [5.74, 6) is 0.987. The molecule has 41 heavy (non-hydrogen) atoms. The van der Waals surface area contributed by atoms with Crippen LogP contribution in [0.5, 0.6) is 17.2 Å². The average Bonchev–Trinajstić information content (AvgIpc) is 2.93. The molecule has 0 spiro atoms. The standard InChI is InChI=1S/C31H32IN3O6/c1-7-40-27-14-20(13-24(32)28(27)41-19(5)31(37)38)16-33-35-29(34-25-11-9-8-10-21(25)30(35)36)23-15-22(17(2)3)26(39-6)12-18(23)4/h8-17,19H,7H2,1-6H3,(H,37,38)/t19-/m0/s1. The number of aromatic nitrogens is 2. The summed E-state index contributed by atoms with van der Waals surface area (Å²) in [6.07, 6.45) is 0.495. The molecule has 4 aromatic rings. The van der Waals surface area contributed by atoms with Crippen LogP contribution >= 0.6 is 22.6 Å². The minimum atomic E-state index is -1.08. The van der Waals surface area contributed by atoms with Crippen LogP contribution < -0.4 is 19.8 Å². The molecule has 10 heteroatoms. The highest BCUT2D eigenvalue weighted by molar-refractivity contribution is 14.1. The van der Waals surface area contributed by atoms with Gasteiger partial charge in [0, 0.05) is 5.56 Å². The van der Waals surface area contributed by atoms with Crippen molar-refractivity contribution in [2.45, 2.75) is 46.6 Å². The van der Waals surface area contributed by atoms with Crippen LogP contribution in [0, 0.1) is 10.5 Å². The SMILES string of the molecule is CCOc1cc(C=Nn2c(-c3cc(C(C)C)c(OC)cc3C)nc3ccccc3c2=O)cc(I)c1O[C@@H](C)C(=O)O. The van der Waals surface area contributed by atoms with Crippen LogP contribution in [-0.2, 0) is 4.79 Å². The lowest BCUT2D eigenvalue weighted by Gasteiger charge is -2.18. The number of carboxylic acid groups (broad SMARTS) is 1. The molecule has 1 heterocycles. The van der Waals surface area contributed by atoms with Crippen molar-refractivity contribution in [3.63, 3.8) is 0 Å². The first-order valence-corrected chi connectivity index (χ1v) is 14.2. The smallest absolute Gasteiger partial charge is 0.344 e. The van der Waals surface area contributed by atoms with Gasteiger partial charge < -0.3 is 19.3 Å². The molecule has 3 aromatic carbocycles. The zero-order valence-corrected chi connectivity index (χ0v) is 25.9. The third-order valence-corrected chi connectivity index (χ3v) is 7.29. The van der Waals surface area contributed by atoms with E-state index in [2.05, 4.69) is 41.5 Å². The van der Waals surface area contributed by atoms with Crippen molar-refractivity contribution in [2.75, 3.05) is 13.7 Å². The lowest BCUT2D eigenvalue weighted by molar-refractivity contribution is -0.144. The van der Waals surface area contributed by atoms with Gasteiger partial charge in [-0.3, -0.25) is 4.79 Å². The molecule has 0 saturated carbocycles. The minimum Gasteiger partial charge on any atom is -0.496 e. The van der Waals surface area contributed by atoms with Crippen LogP contribution in [0.25, 0.3) is 22.3 Å². The van der Waals surface area contributed by atoms with Crippen molar-refractivity contribution in [3.05, 3.63) is 79.1 Å². The van der Waals surface area contributed by atoms with Crippen molar-refractivity contribution in [1.29, 1.82) is 0 Å². The van der Waals surface area contributed by atoms with Gasteiger partial charge in [0.1, 0.15) is 5.75 Å². The van der Waals surface area contributed by atoms with E-state index < -0.39 is 12.1 Å². The Labute approximate surface area is 251 Å². The molecule has 214 valence electrons. The van der Waals surface area contributed by atoms with Crippen molar-refractivity contribution in [2.24, 2.45) is 5.10 Å². The fraction of sp³-hybridized carbons (Fsp3) is 0.290. The Morgan fingerprint density at radius 1 is 1.15 bits per heavy atom. The van der Waals surface area contributed by atoms with Gasteiger partial charge in [0.05, 0.1) is 34.4 Å². The number of methoxy groups -OCH3 is 1. The maximum Gasteiger partial charge on any atom is 0.344 e. The minimum absolute atomic E-state index is 0.178. The number of aryl methyl sites for hydroxylation is 1. The number of fused-ring (bicyclic) bond motifs is 1. The maximum absolute atomic E-state index is 13.8. The molecular formula is C31H32IN3O6. The third kappa shape index (κ3) is 6.37. The number of nitrogens with zero attached hydrogens (tertiary/aromatic N) is 3. The Morgan fingerprint density at radius 2 is 1.88 bits per heavy atom. The molecule has 0 aliphatic rings. The number of para-hydroxylation sites is 1. The van der Waals surface area contributed by atoms with Crippen LogP contribution in [0.1, 0.15) is 50.3 Å². The number of hydrogen-bond acceptors (Lipinski definition) is 7. The van der Waals surface area contributed by atoms with Crippen LogP contribution in [0.4, 0.5) is 0 Å². The van der Waals surface area contributed by atoms with E-state index in [1.807, 2.05) is 38.1 Å². The Bertz CT molecular complexity index is 1700. The van der Waals surface area contributed by atoms with E-state index in [9.17, 15) is 14.7 Å². The van der Waals surface area contributed by atoms with Crippen molar-refractivity contribution >= 4 is 45.7 Å². The second kappa shape index (κ2) is 12.7. The van der Waals surface area contributed by atoms with Crippen LogP contribution in [0.15, 0.2) is 58.4 Å². The largest absolute Gasteiger partial charge is 0.496 e. The fourth-order valence-electron chi connectivity index (χ4n) is 4.36.